The largest absolute Gasteiger partial charge is 0.502 e. The average molecular weight is 556 g/mol. The summed E-state index contributed by atoms with van der Waals surface area (Å²) in [5, 5.41) is 21.2. The minimum atomic E-state index is -1.02. The van der Waals surface area contributed by atoms with Gasteiger partial charge in [-0.1, -0.05) is 48.5 Å². The Balaban J connectivity index is 1.42. The molecule has 0 unspecified atom stereocenters. The number of hydrogen-bond acceptors (Lipinski definition) is 5. The highest BCUT2D eigenvalue weighted by Gasteiger charge is 2.19. The molecule has 0 aliphatic heterocycles. The maximum absolute atomic E-state index is 13.2. The highest BCUT2D eigenvalue weighted by Crippen LogP contribution is 2.36. The fourth-order valence-corrected chi connectivity index (χ4v) is 5.23. The zero-order valence-corrected chi connectivity index (χ0v) is 22.8. The smallest absolute Gasteiger partial charge is 0.370 e. The van der Waals surface area contributed by atoms with Gasteiger partial charge in [0.05, 0.1) is 10.9 Å². The number of rotatable bonds is 7. The van der Waals surface area contributed by atoms with Crippen molar-refractivity contribution >= 4 is 56.6 Å². The Morgan fingerprint density at radius 3 is 2.21 bits per heavy atom. The van der Waals surface area contributed by atoms with Crippen LogP contribution in [0.2, 0.25) is 0 Å². The van der Waals surface area contributed by atoms with Gasteiger partial charge in [0.1, 0.15) is 5.58 Å². The van der Waals surface area contributed by atoms with E-state index < -0.39 is 11.6 Å². The summed E-state index contributed by atoms with van der Waals surface area (Å²) >= 11 is 0. The molecular weight excluding hydrogens is 528 g/mol. The van der Waals surface area contributed by atoms with E-state index in [2.05, 4.69) is 4.90 Å². The molecule has 0 saturated carbocycles. The van der Waals surface area contributed by atoms with Crippen molar-refractivity contribution in [2.45, 2.75) is 13.5 Å². The van der Waals surface area contributed by atoms with Gasteiger partial charge in [-0.2, -0.15) is 4.57 Å². The Labute approximate surface area is 241 Å². The number of pyridine rings is 1. The van der Waals surface area contributed by atoms with Crippen molar-refractivity contribution in [3.05, 3.63) is 137 Å². The number of aromatic hydroxyl groups is 1. The van der Waals surface area contributed by atoms with Crippen molar-refractivity contribution in [3.8, 4) is 5.75 Å². The number of phenols is 1. The predicted octanol–water partition coefficient (Wildman–Crippen LogP) is 7.05. The second-order valence-electron chi connectivity index (χ2n) is 9.97. The van der Waals surface area contributed by atoms with Gasteiger partial charge in [0, 0.05) is 34.6 Å². The molecule has 0 spiro atoms. The molecule has 2 heterocycles. The normalized spacial score (nSPS) is 11.6. The molecule has 0 atom stereocenters. The van der Waals surface area contributed by atoms with Gasteiger partial charge in [0.2, 0.25) is 6.54 Å². The van der Waals surface area contributed by atoms with Gasteiger partial charge in [0.25, 0.3) is 5.52 Å². The lowest BCUT2D eigenvalue weighted by atomic mass is 10.0. The van der Waals surface area contributed by atoms with E-state index in [1.807, 2.05) is 104 Å². The van der Waals surface area contributed by atoms with Gasteiger partial charge >= 0.3 is 11.6 Å². The average Bonchev–Trinajstić information content (AvgIpc) is 2.99. The first-order valence-corrected chi connectivity index (χ1v) is 13.4. The van der Waals surface area contributed by atoms with Crippen LogP contribution in [0.1, 0.15) is 18.1 Å². The SMILES string of the molecule is C/C(=C\c1cc[n+](CC(=O)O)c2c(O)cccc12)c1cc2ccc(N(c3ccccc3)c3ccccc3)cc2oc1=O. The van der Waals surface area contributed by atoms with E-state index in [1.165, 1.54) is 10.6 Å². The molecule has 2 N–H and O–H groups in total. The molecular formula is C35H27N2O5+. The van der Waals surface area contributed by atoms with Crippen LogP contribution in [0.25, 0.3) is 33.5 Å². The third-order valence-corrected chi connectivity index (χ3v) is 7.16. The number of benzene rings is 4. The number of para-hydroxylation sites is 3. The van der Waals surface area contributed by atoms with Crippen LogP contribution < -0.4 is 15.1 Å². The van der Waals surface area contributed by atoms with Gasteiger partial charge in [-0.05, 0) is 72.7 Å². The number of anilines is 3. The van der Waals surface area contributed by atoms with Crippen LogP contribution >= 0.6 is 0 Å². The standard InChI is InChI=1S/C35H26N2O5/c1-23(19-24-17-18-36(22-33(39)40)34-29(24)13-8-14-31(34)38)30-20-25-15-16-28(21-32(25)42-35(30)41)37(26-9-4-2-5-10-26)27-11-6-3-7-12-27/h2-21H,22H2,1H3,(H-,38,39,40)/p+1. The first-order chi connectivity index (χ1) is 20.4. The van der Waals surface area contributed by atoms with E-state index in [4.69, 9.17) is 4.42 Å². The number of aromatic nitrogens is 1. The van der Waals surface area contributed by atoms with Crippen LogP contribution in [0.3, 0.4) is 0 Å². The second-order valence-corrected chi connectivity index (χ2v) is 9.97. The molecule has 7 heteroatoms. The zero-order valence-electron chi connectivity index (χ0n) is 22.8. The van der Waals surface area contributed by atoms with Crippen LogP contribution in [-0.4, -0.2) is 16.2 Å². The van der Waals surface area contributed by atoms with Gasteiger partial charge < -0.3 is 19.5 Å². The Hall–Kier alpha value is -5.69. The third kappa shape index (κ3) is 5.11. The number of phenolic OH excluding ortho intramolecular Hbond substituents is 1. The zero-order chi connectivity index (χ0) is 29.2. The molecule has 0 amide bonds. The van der Waals surface area contributed by atoms with Crippen LogP contribution in [0, 0.1) is 0 Å². The fraction of sp³-hybridized carbons (Fsp3) is 0.0571. The molecule has 4 aromatic carbocycles. The molecule has 6 aromatic rings. The first-order valence-electron chi connectivity index (χ1n) is 13.4. The minimum Gasteiger partial charge on any atom is -0.502 e. The maximum Gasteiger partial charge on any atom is 0.370 e. The quantitative estimate of drug-likeness (QED) is 0.162. The topological polar surface area (TPSA) is 94.9 Å². The summed E-state index contributed by atoms with van der Waals surface area (Å²) in [4.78, 5) is 26.7. The Morgan fingerprint density at radius 1 is 0.857 bits per heavy atom. The molecule has 7 nitrogen and oxygen atoms in total. The lowest BCUT2D eigenvalue weighted by Gasteiger charge is -2.25. The Morgan fingerprint density at radius 2 is 1.55 bits per heavy atom. The molecule has 42 heavy (non-hydrogen) atoms. The van der Waals surface area contributed by atoms with Crippen molar-refractivity contribution in [3.63, 3.8) is 0 Å². The van der Waals surface area contributed by atoms with E-state index in [0.29, 0.717) is 27.6 Å². The maximum atomic E-state index is 13.2. The molecule has 0 fully saturated rings. The number of aliphatic carboxylic acids is 1. The number of allylic oxidation sites excluding steroid dienone is 1. The molecule has 0 radical (unpaired) electrons. The van der Waals surface area contributed by atoms with E-state index >= 15 is 0 Å². The molecule has 2 aromatic heterocycles. The molecule has 0 aliphatic rings. The van der Waals surface area contributed by atoms with Crippen molar-refractivity contribution in [2.75, 3.05) is 4.90 Å². The molecule has 0 aliphatic carbocycles. The van der Waals surface area contributed by atoms with Gasteiger partial charge in [-0.3, -0.25) is 0 Å². The van der Waals surface area contributed by atoms with Crippen molar-refractivity contribution in [1.29, 1.82) is 0 Å². The summed E-state index contributed by atoms with van der Waals surface area (Å²) in [7, 11) is 0. The number of hydrogen-bond donors (Lipinski definition) is 2. The monoisotopic (exact) mass is 555 g/mol. The summed E-state index contributed by atoms with van der Waals surface area (Å²) in [5.41, 5.74) is 5.03. The third-order valence-electron chi connectivity index (χ3n) is 7.16. The highest BCUT2D eigenvalue weighted by atomic mass is 16.4. The van der Waals surface area contributed by atoms with Gasteiger partial charge in [-0.15, -0.1) is 0 Å². The van der Waals surface area contributed by atoms with Crippen LogP contribution in [0.5, 0.6) is 5.75 Å². The molecule has 0 saturated heterocycles. The number of carbonyl (C=O) groups is 1. The number of carboxylic acid groups (broad SMARTS) is 1. The number of carboxylic acids is 1. The first kappa shape index (κ1) is 26.5. The summed E-state index contributed by atoms with van der Waals surface area (Å²) in [6.45, 7) is 1.53. The molecule has 206 valence electrons. The minimum absolute atomic E-state index is 0.0253. The van der Waals surface area contributed by atoms with Crippen LogP contribution in [-0.2, 0) is 11.3 Å². The lowest BCUT2D eigenvalue weighted by molar-refractivity contribution is -0.660. The lowest BCUT2D eigenvalue weighted by Crippen LogP contribution is -2.38. The van der Waals surface area contributed by atoms with E-state index in [1.54, 1.807) is 18.3 Å². The summed E-state index contributed by atoms with van der Waals surface area (Å²) < 4.78 is 7.33. The van der Waals surface area contributed by atoms with Crippen LogP contribution in [0.15, 0.2) is 125 Å². The van der Waals surface area contributed by atoms with E-state index in [9.17, 15) is 19.8 Å². The summed E-state index contributed by atoms with van der Waals surface area (Å²) in [5.74, 6) is -1.04. The van der Waals surface area contributed by atoms with Crippen molar-refractivity contribution in [2.24, 2.45) is 0 Å². The summed E-state index contributed by atoms with van der Waals surface area (Å²) in [6.07, 6.45) is 3.46. The fourth-order valence-electron chi connectivity index (χ4n) is 5.23. The van der Waals surface area contributed by atoms with Gasteiger partial charge in [-0.25, -0.2) is 9.59 Å². The van der Waals surface area contributed by atoms with Crippen molar-refractivity contribution in [1.82, 2.24) is 0 Å². The highest BCUT2D eigenvalue weighted by molar-refractivity contribution is 5.95. The van der Waals surface area contributed by atoms with Gasteiger partial charge in [0.15, 0.2) is 11.9 Å². The summed E-state index contributed by atoms with van der Waals surface area (Å²) in [6, 6.07) is 34.4. The molecule has 6 rings (SSSR count). The second kappa shape index (κ2) is 11.1. The Bertz CT molecular complexity index is 1990. The number of nitrogens with zero attached hydrogens (tertiary/aromatic N) is 2. The van der Waals surface area contributed by atoms with Crippen molar-refractivity contribution < 1.29 is 24.0 Å². The van der Waals surface area contributed by atoms with E-state index in [0.717, 1.165) is 28.0 Å². The Kier molecular flexibility index (Phi) is 6.98. The van der Waals surface area contributed by atoms with Crippen LogP contribution in [0.4, 0.5) is 17.1 Å². The number of fused-ring (bicyclic) bond motifs is 2. The molecule has 0 bridgehead atoms. The van der Waals surface area contributed by atoms with E-state index in [-0.39, 0.29) is 12.3 Å². The predicted molar refractivity (Wildman–Crippen MR) is 164 cm³/mol.